The molecule has 1 unspecified atom stereocenters. The Kier molecular flexibility index (Phi) is 6.46. The third kappa shape index (κ3) is 3.91. The highest BCUT2D eigenvalue weighted by atomic mass is 35.5. The number of rotatable bonds is 4. The number of halogens is 1. The Labute approximate surface area is 155 Å². The molecule has 26 heavy (non-hydrogen) atoms. The maximum Gasteiger partial charge on any atom is 0.433 e. The smallest absolute Gasteiger partial charge is 0.433 e. The van der Waals surface area contributed by atoms with E-state index in [-0.39, 0.29) is 18.8 Å². The van der Waals surface area contributed by atoms with E-state index in [4.69, 9.17) is 25.8 Å². The zero-order valence-corrected chi connectivity index (χ0v) is 15.4. The molecule has 9 heteroatoms. The van der Waals surface area contributed by atoms with Crippen LogP contribution in [0.3, 0.4) is 0 Å². The van der Waals surface area contributed by atoms with Crippen LogP contribution in [0.1, 0.15) is 25.5 Å². The number of hydrogen-bond acceptors (Lipinski definition) is 6. The fraction of sp³-hybridized carbons (Fsp3) is 0.353. The van der Waals surface area contributed by atoms with Gasteiger partial charge in [0.05, 0.1) is 25.9 Å². The van der Waals surface area contributed by atoms with E-state index in [1.54, 1.807) is 38.1 Å². The van der Waals surface area contributed by atoms with Crippen LogP contribution in [0, 0.1) is 0 Å². The minimum Gasteiger partial charge on any atom is -0.466 e. The van der Waals surface area contributed by atoms with Gasteiger partial charge in [-0.05, 0) is 31.5 Å². The topological polar surface area (TPSA) is 85.4 Å². The van der Waals surface area contributed by atoms with E-state index in [0.29, 0.717) is 10.6 Å². The van der Waals surface area contributed by atoms with Gasteiger partial charge in [0.1, 0.15) is 6.04 Å². The molecule has 2 rings (SSSR count). The van der Waals surface area contributed by atoms with Crippen molar-refractivity contribution in [1.82, 2.24) is 10.0 Å². The van der Waals surface area contributed by atoms with Gasteiger partial charge in [-0.2, -0.15) is 10.0 Å². The summed E-state index contributed by atoms with van der Waals surface area (Å²) in [6.07, 6.45) is -0.445. The molecule has 0 bridgehead atoms. The lowest BCUT2D eigenvalue weighted by Crippen LogP contribution is -2.46. The van der Waals surface area contributed by atoms with Crippen LogP contribution in [0.5, 0.6) is 0 Å². The first-order valence-electron chi connectivity index (χ1n) is 7.91. The van der Waals surface area contributed by atoms with Crippen LogP contribution in [-0.2, 0) is 19.0 Å². The molecule has 1 heterocycles. The van der Waals surface area contributed by atoms with E-state index in [0.717, 1.165) is 10.0 Å². The van der Waals surface area contributed by atoms with Gasteiger partial charge in [0.15, 0.2) is 0 Å². The molecule has 0 spiro atoms. The molecule has 0 saturated heterocycles. The van der Waals surface area contributed by atoms with Gasteiger partial charge >= 0.3 is 18.2 Å². The molecule has 2 amide bonds. The molecular formula is C17H19ClN2O6. The second-order valence-corrected chi connectivity index (χ2v) is 5.56. The highest BCUT2D eigenvalue weighted by Gasteiger charge is 2.45. The molecule has 0 aliphatic carbocycles. The number of ether oxygens (including phenoxy) is 3. The number of carbonyl (C=O) groups excluding carboxylic acids is 3. The van der Waals surface area contributed by atoms with E-state index in [1.165, 1.54) is 13.3 Å². The molecule has 0 radical (unpaired) electrons. The predicted molar refractivity (Wildman–Crippen MR) is 92.0 cm³/mol. The predicted octanol–water partition coefficient (Wildman–Crippen LogP) is 3.28. The van der Waals surface area contributed by atoms with Gasteiger partial charge in [0.2, 0.25) is 0 Å². The molecule has 1 atom stereocenters. The van der Waals surface area contributed by atoms with Crippen molar-refractivity contribution in [1.29, 1.82) is 0 Å². The summed E-state index contributed by atoms with van der Waals surface area (Å²) in [6, 6.07) is 5.63. The summed E-state index contributed by atoms with van der Waals surface area (Å²) in [5.41, 5.74) is 0.574. The lowest BCUT2D eigenvalue weighted by atomic mass is 10.00. The number of hydrogen-bond donors (Lipinski definition) is 0. The number of methoxy groups -OCH3 is 1. The summed E-state index contributed by atoms with van der Waals surface area (Å²) >= 11 is 6.05. The first-order chi connectivity index (χ1) is 12.4. The molecule has 1 aliphatic rings. The summed E-state index contributed by atoms with van der Waals surface area (Å²) in [6.45, 7) is 3.44. The SMILES string of the molecule is CCOC(=O)N1C=C(C(=O)OC)C(c2cccc(Cl)c2)N1C(=O)OCC. The number of benzene rings is 1. The average molecular weight is 383 g/mol. The standard InChI is InChI=1S/C17H19ClN2O6/c1-4-25-16(22)19-10-13(15(21)24-3)14(20(19)17(23)26-5-2)11-7-6-8-12(18)9-11/h6-10,14H,4-5H2,1-3H3. The normalized spacial score (nSPS) is 16.2. The third-order valence-electron chi connectivity index (χ3n) is 3.53. The minimum absolute atomic E-state index is 0.0656. The number of nitrogens with zero attached hydrogens (tertiary/aromatic N) is 2. The minimum atomic E-state index is -0.954. The molecule has 1 aliphatic heterocycles. The zero-order chi connectivity index (χ0) is 19.3. The Balaban J connectivity index is 2.56. The van der Waals surface area contributed by atoms with Gasteiger partial charge in [0.25, 0.3) is 0 Å². The molecule has 140 valence electrons. The lowest BCUT2D eigenvalue weighted by Gasteiger charge is -2.31. The van der Waals surface area contributed by atoms with Crippen molar-refractivity contribution in [3.8, 4) is 0 Å². The van der Waals surface area contributed by atoms with E-state index in [1.807, 2.05) is 0 Å². The van der Waals surface area contributed by atoms with Gasteiger partial charge in [-0.15, -0.1) is 0 Å². The molecule has 0 saturated carbocycles. The number of carbonyl (C=O) groups is 3. The van der Waals surface area contributed by atoms with Crippen LogP contribution in [0.25, 0.3) is 0 Å². The van der Waals surface area contributed by atoms with Gasteiger partial charge in [-0.25, -0.2) is 14.4 Å². The second-order valence-electron chi connectivity index (χ2n) is 5.12. The number of esters is 1. The maximum absolute atomic E-state index is 12.5. The van der Waals surface area contributed by atoms with Crippen LogP contribution in [0.15, 0.2) is 36.0 Å². The Morgan fingerprint density at radius 2 is 1.77 bits per heavy atom. The second kappa shape index (κ2) is 8.57. The fourth-order valence-electron chi connectivity index (χ4n) is 2.51. The summed E-state index contributed by atoms with van der Waals surface area (Å²) in [7, 11) is 1.21. The highest BCUT2D eigenvalue weighted by molar-refractivity contribution is 6.30. The summed E-state index contributed by atoms with van der Waals surface area (Å²) in [4.78, 5) is 37.1. The van der Waals surface area contributed by atoms with Gasteiger partial charge in [0, 0.05) is 11.2 Å². The third-order valence-corrected chi connectivity index (χ3v) is 3.76. The Morgan fingerprint density at radius 3 is 2.35 bits per heavy atom. The van der Waals surface area contributed by atoms with Crippen molar-refractivity contribution in [2.75, 3.05) is 20.3 Å². The maximum atomic E-state index is 12.5. The van der Waals surface area contributed by atoms with E-state index >= 15 is 0 Å². The molecule has 1 aromatic carbocycles. The van der Waals surface area contributed by atoms with Crippen molar-refractivity contribution in [3.63, 3.8) is 0 Å². The van der Waals surface area contributed by atoms with Gasteiger partial charge in [-0.1, -0.05) is 23.7 Å². The van der Waals surface area contributed by atoms with E-state index in [2.05, 4.69) is 0 Å². The Bertz CT molecular complexity index is 736. The van der Waals surface area contributed by atoms with Gasteiger partial charge in [-0.3, -0.25) is 0 Å². The first kappa shape index (κ1) is 19.6. The Morgan fingerprint density at radius 1 is 1.12 bits per heavy atom. The molecule has 8 nitrogen and oxygen atoms in total. The van der Waals surface area contributed by atoms with Crippen LogP contribution in [0.4, 0.5) is 9.59 Å². The van der Waals surface area contributed by atoms with E-state index < -0.39 is 24.2 Å². The van der Waals surface area contributed by atoms with Crippen LogP contribution >= 0.6 is 11.6 Å². The monoisotopic (exact) mass is 382 g/mol. The molecule has 0 fully saturated rings. The van der Waals surface area contributed by atoms with Crippen molar-refractivity contribution in [2.45, 2.75) is 19.9 Å². The molecule has 0 aromatic heterocycles. The average Bonchev–Trinajstić information content (AvgIpc) is 3.02. The summed E-state index contributed by atoms with van der Waals surface area (Å²) in [5.74, 6) is -0.698. The lowest BCUT2D eigenvalue weighted by molar-refractivity contribution is -0.136. The zero-order valence-electron chi connectivity index (χ0n) is 14.6. The Hall–Kier alpha value is -2.74. The quantitative estimate of drug-likeness (QED) is 0.586. The molecule has 0 N–H and O–H groups in total. The van der Waals surface area contributed by atoms with Gasteiger partial charge < -0.3 is 14.2 Å². The van der Waals surface area contributed by atoms with Crippen LogP contribution in [0.2, 0.25) is 5.02 Å². The van der Waals surface area contributed by atoms with Crippen LogP contribution < -0.4 is 0 Å². The molecule has 1 aromatic rings. The first-order valence-corrected chi connectivity index (χ1v) is 8.29. The fourth-order valence-corrected chi connectivity index (χ4v) is 2.71. The van der Waals surface area contributed by atoms with Crippen molar-refractivity contribution < 1.29 is 28.6 Å². The van der Waals surface area contributed by atoms with Crippen LogP contribution in [-0.4, -0.2) is 48.5 Å². The number of hydrazine groups is 1. The van der Waals surface area contributed by atoms with Crippen molar-refractivity contribution >= 4 is 29.8 Å². The highest BCUT2D eigenvalue weighted by Crippen LogP contribution is 2.38. The summed E-state index contributed by atoms with van der Waals surface area (Å²) in [5, 5.41) is 2.31. The largest absolute Gasteiger partial charge is 0.466 e. The number of amides is 2. The van der Waals surface area contributed by atoms with E-state index in [9.17, 15) is 14.4 Å². The van der Waals surface area contributed by atoms with Crippen molar-refractivity contribution in [2.24, 2.45) is 0 Å². The summed E-state index contributed by atoms with van der Waals surface area (Å²) < 4.78 is 14.8. The molecular weight excluding hydrogens is 364 g/mol. The van der Waals surface area contributed by atoms with Crippen molar-refractivity contribution in [3.05, 3.63) is 46.6 Å².